The minimum atomic E-state index is -3.92. The van der Waals surface area contributed by atoms with E-state index in [2.05, 4.69) is 10.3 Å². The zero-order valence-electron chi connectivity index (χ0n) is 15.9. The fourth-order valence-electron chi connectivity index (χ4n) is 2.81. The van der Waals surface area contributed by atoms with Gasteiger partial charge in [0.15, 0.2) is 0 Å². The Morgan fingerprint density at radius 2 is 1.86 bits per heavy atom. The maximum atomic E-state index is 13.0. The Bertz CT molecular complexity index is 1220. The van der Waals surface area contributed by atoms with E-state index >= 15 is 0 Å². The number of nitrogens with zero attached hydrogens (tertiary/aromatic N) is 1. The van der Waals surface area contributed by atoms with Crippen molar-refractivity contribution in [2.45, 2.75) is 18.2 Å². The Labute approximate surface area is 173 Å². The molecule has 1 aromatic heterocycles. The van der Waals surface area contributed by atoms with E-state index in [1.807, 2.05) is 6.92 Å². The Morgan fingerprint density at radius 3 is 2.52 bits per heavy atom. The number of fused-ring (bicyclic) bond motifs is 1. The predicted molar refractivity (Wildman–Crippen MR) is 114 cm³/mol. The molecule has 0 aliphatic carbocycles. The Hall–Kier alpha value is -2.84. The minimum Gasteiger partial charge on any atom is -0.360 e. The maximum Gasteiger partial charge on any atom is 0.264 e. The summed E-state index contributed by atoms with van der Waals surface area (Å²) in [6.45, 7) is 2.34. The number of amides is 1. The normalized spacial score (nSPS) is 11.4. The molecular weight excluding hydrogens is 414 g/mol. The number of sulfonamides is 1. The van der Waals surface area contributed by atoms with Crippen molar-refractivity contribution < 1.29 is 13.2 Å². The van der Waals surface area contributed by atoms with Crippen LogP contribution in [0.2, 0.25) is 5.02 Å². The van der Waals surface area contributed by atoms with Crippen molar-refractivity contribution in [3.05, 3.63) is 69.5 Å². The van der Waals surface area contributed by atoms with Gasteiger partial charge in [0, 0.05) is 35.7 Å². The molecule has 29 heavy (non-hydrogen) atoms. The van der Waals surface area contributed by atoms with Gasteiger partial charge in [0.1, 0.15) is 5.56 Å². The second-order valence-electron chi connectivity index (χ2n) is 6.44. The number of aromatic amines is 1. The highest BCUT2D eigenvalue weighted by Crippen LogP contribution is 2.25. The minimum absolute atomic E-state index is 0.0564. The van der Waals surface area contributed by atoms with Gasteiger partial charge in [-0.1, -0.05) is 18.5 Å². The van der Waals surface area contributed by atoms with Crippen LogP contribution in [0.4, 0.5) is 5.69 Å². The maximum absolute atomic E-state index is 13.0. The third-order valence-corrected chi connectivity index (χ3v) is 6.51. The van der Waals surface area contributed by atoms with E-state index in [0.29, 0.717) is 22.8 Å². The van der Waals surface area contributed by atoms with Crippen molar-refractivity contribution in [1.29, 1.82) is 0 Å². The lowest BCUT2D eigenvalue weighted by molar-refractivity contribution is 0.0952. The molecule has 152 valence electrons. The molecular formula is C20H20ClN3O4S. The second-order valence-corrected chi connectivity index (χ2v) is 8.85. The predicted octanol–water partition coefficient (Wildman–Crippen LogP) is 3.15. The van der Waals surface area contributed by atoms with Gasteiger partial charge in [-0.3, -0.25) is 13.9 Å². The number of rotatable bonds is 6. The van der Waals surface area contributed by atoms with Crippen LogP contribution in [-0.4, -0.2) is 32.9 Å². The molecule has 7 nitrogen and oxygen atoms in total. The van der Waals surface area contributed by atoms with E-state index < -0.39 is 21.4 Å². The van der Waals surface area contributed by atoms with Crippen molar-refractivity contribution in [2.24, 2.45) is 0 Å². The van der Waals surface area contributed by atoms with Crippen molar-refractivity contribution in [1.82, 2.24) is 10.3 Å². The largest absolute Gasteiger partial charge is 0.360 e. The number of aromatic nitrogens is 1. The molecule has 1 heterocycles. The lowest BCUT2D eigenvalue weighted by Gasteiger charge is -2.19. The van der Waals surface area contributed by atoms with Gasteiger partial charge in [0.2, 0.25) is 5.43 Å². The SMILES string of the molecule is CCCNC(=O)c1c[nH]c2ccc(S(=O)(=O)N(C)c3ccc(Cl)cc3)cc2c1=O. The van der Waals surface area contributed by atoms with Crippen LogP contribution in [0, 0.1) is 0 Å². The molecule has 3 rings (SSSR count). The van der Waals surface area contributed by atoms with Crippen molar-refractivity contribution in [3.63, 3.8) is 0 Å². The number of benzene rings is 2. The standard InChI is InChI=1S/C20H20ClN3O4S/c1-3-10-22-20(26)17-12-23-18-9-8-15(11-16(18)19(17)25)29(27,28)24(2)14-6-4-13(21)5-7-14/h4-9,11-12H,3,10H2,1-2H3,(H,22,26)(H,23,25). The van der Waals surface area contributed by atoms with E-state index in [4.69, 9.17) is 11.6 Å². The van der Waals surface area contributed by atoms with E-state index in [-0.39, 0.29) is 15.8 Å². The van der Waals surface area contributed by atoms with E-state index in [1.54, 1.807) is 24.3 Å². The molecule has 0 atom stereocenters. The monoisotopic (exact) mass is 433 g/mol. The molecule has 0 aliphatic rings. The average Bonchev–Trinajstić information content (AvgIpc) is 2.72. The first-order chi connectivity index (χ1) is 13.8. The van der Waals surface area contributed by atoms with Crippen LogP contribution >= 0.6 is 11.6 Å². The van der Waals surface area contributed by atoms with Gasteiger partial charge in [0.05, 0.1) is 10.6 Å². The highest BCUT2D eigenvalue weighted by atomic mass is 35.5. The number of nitrogens with one attached hydrogen (secondary N) is 2. The molecule has 9 heteroatoms. The summed E-state index contributed by atoms with van der Waals surface area (Å²) >= 11 is 5.86. The number of anilines is 1. The Kier molecular flexibility index (Phi) is 5.95. The van der Waals surface area contributed by atoms with Gasteiger partial charge in [0.25, 0.3) is 15.9 Å². The van der Waals surface area contributed by atoms with Gasteiger partial charge in [-0.15, -0.1) is 0 Å². The third-order valence-electron chi connectivity index (χ3n) is 4.48. The quantitative estimate of drug-likeness (QED) is 0.623. The van der Waals surface area contributed by atoms with Crippen LogP contribution in [0.5, 0.6) is 0 Å². The van der Waals surface area contributed by atoms with E-state index in [1.165, 1.54) is 31.4 Å². The Morgan fingerprint density at radius 1 is 1.17 bits per heavy atom. The number of halogens is 1. The smallest absolute Gasteiger partial charge is 0.264 e. The molecule has 0 saturated heterocycles. The summed E-state index contributed by atoms with van der Waals surface area (Å²) in [5, 5.41) is 3.26. The topological polar surface area (TPSA) is 99.3 Å². The van der Waals surface area contributed by atoms with Crippen molar-refractivity contribution in [3.8, 4) is 0 Å². The molecule has 0 radical (unpaired) electrons. The van der Waals surface area contributed by atoms with Crippen molar-refractivity contribution >= 4 is 44.1 Å². The number of pyridine rings is 1. The van der Waals surface area contributed by atoms with Crippen LogP contribution in [0.1, 0.15) is 23.7 Å². The van der Waals surface area contributed by atoms with E-state index in [9.17, 15) is 18.0 Å². The Balaban J connectivity index is 2.05. The zero-order valence-corrected chi connectivity index (χ0v) is 17.5. The van der Waals surface area contributed by atoms with Gasteiger partial charge >= 0.3 is 0 Å². The zero-order chi connectivity index (χ0) is 21.2. The fraction of sp³-hybridized carbons (Fsp3) is 0.200. The molecule has 0 aliphatic heterocycles. The molecule has 3 aromatic rings. The highest BCUT2D eigenvalue weighted by molar-refractivity contribution is 7.92. The fourth-order valence-corrected chi connectivity index (χ4v) is 4.16. The molecule has 2 aromatic carbocycles. The van der Waals surface area contributed by atoms with Crippen LogP contribution in [-0.2, 0) is 10.0 Å². The molecule has 0 unspecified atom stereocenters. The van der Waals surface area contributed by atoms with Gasteiger partial charge in [-0.2, -0.15) is 0 Å². The summed E-state index contributed by atoms with van der Waals surface area (Å²) in [6, 6.07) is 10.6. The molecule has 1 amide bonds. The summed E-state index contributed by atoms with van der Waals surface area (Å²) in [6.07, 6.45) is 2.07. The summed E-state index contributed by atoms with van der Waals surface area (Å²) in [4.78, 5) is 27.8. The highest BCUT2D eigenvalue weighted by Gasteiger charge is 2.23. The second kappa shape index (κ2) is 8.26. The number of carbonyl (C=O) groups is 1. The van der Waals surface area contributed by atoms with Crippen LogP contribution in [0.3, 0.4) is 0 Å². The van der Waals surface area contributed by atoms with Crippen LogP contribution in [0.15, 0.2) is 58.4 Å². The first-order valence-corrected chi connectivity index (χ1v) is 10.8. The van der Waals surface area contributed by atoms with Crippen LogP contribution in [0.25, 0.3) is 10.9 Å². The molecule has 0 bridgehead atoms. The van der Waals surface area contributed by atoms with E-state index in [0.717, 1.165) is 10.7 Å². The molecule has 0 saturated carbocycles. The summed E-state index contributed by atoms with van der Waals surface area (Å²) in [7, 11) is -2.51. The summed E-state index contributed by atoms with van der Waals surface area (Å²) < 4.78 is 27.2. The lowest BCUT2D eigenvalue weighted by atomic mass is 10.1. The molecule has 0 spiro atoms. The lowest BCUT2D eigenvalue weighted by Crippen LogP contribution is -2.29. The number of hydrogen-bond donors (Lipinski definition) is 2. The first kappa shape index (κ1) is 20.9. The van der Waals surface area contributed by atoms with Gasteiger partial charge in [-0.05, 0) is 48.9 Å². The molecule has 0 fully saturated rings. The number of hydrogen-bond acceptors (Lipinski definition) is 4. The third kappa shape index (κ3) is 4.13. The average molecular weight is 434 g/mol. The summed E-state index contributed by atoms with van der Waals surface area (Å²) in [5.41, 5.74) is 0.274. The number of carbonyl (C=O) groups excluding carboxylic acids is 1. The van der Waals surface area contributed by atoms with Crippen molar-refractivity contribution in [2.75, 3.05) is 17.9 Å². The first-order valence-electron chi connectivity index (χ1n) is 8.94. The molecule has 2 N–H and O–H groups in total. The van der Waals surface area contributed by atoms with Gasteiger partial charge < -0.3 is 10.3 Å². The number of H-pyrrole nitrogens is 1. The summed E-state index contributed by atoms with van der Waals surface area (Å²) in [5.74, 6) is -0.499. The van der Waals surface area contributed by atoms with Gasteiger partial charge in [-0.25, -0.2) is 8.42 Å². The van der Waals surface area contributed by atoms with Crippen LogP contribution < -0.4 is 15.1 Å².